The number of amides is 4. The number of alkyl carbamates (subject to hydrolysis) is 1. The number of carboxylic acids is 2. The number of hydrogen-bond acceptors (Lipinski definition) is 7. The largest absolute Gasteiger partial charge is 0.481 e. The highest BCUT2D eigenvalue weighted by Gasteiger charge is 2.39. The summed E-state index contributed by atoms with van der Waals surface area (Å²) < 4.78 is 5.27. The van der Waals surface area contributed by atoms with Gasteiger partial charge in [0.1, 0.15) is 17.7 Å². The number of primary amides is 1. The van der Waals surface area contributed by atoms with Crippen LogP contribution in [0.5, 0.6) is 0 Å². The molecule has 0 radical (unpaired) electrons. The van der Waals surface area contributed by atoms with E-state index in [2.05, 4.69) is 10.6 Å². The molecule has 0 saturated carbocycles. The summed E-state index contributed by atoms with van der Waals surface area (Å²) in [5.74, 6) is -7.75. The van der Waals surface area contributed by atoms with Gasteiger partial charge in [0, 0.05) is 25.4 Å². The minimum absolute atomic E-state index is 0.180. The second-order valence-electron chi connectivity index (χ2n) is 10.0. The third-order valence-corrected chi connectivity index (χ3v) is 6.03. The van der Waals surface area contributed by atoms with Crippen molar-refractivity contribution >= 4 is 35.8 Å². The van der Waals surface area contributed by atoms with Gasteiger partial charge in [0.15, 0.2) is 0 Å². The molecular formula is C23H38N4O9. The van der Waals surface area contributed by atoms with E-state index in [4.69, 9.17) is 10.5 Å². The number of likely N-dealkylation sites (tertiary alicyclic amines) is 1. The van der Waals surface area contributed by atoms with Crippen molar-refractivity contribution in [2.24, 2.45) is 23.5 Å². The van der Waals surface area contributed by atoms with Crippen LogP contribution in [0.3, 0.4) is 0 Å². The minimum atomic E-state index is -1.84. The zero-order valence-corrected chi connectivity index (χ0v) is 21.4. The summed E-state index contributed by atoms with van der Waals surface area (Å²) >= 11 is 0. The number of nitrogens with one attached hydrogen (secondary N) is 2. The Morgan fingerprint density at radius 3 is 1.97 bits per heavy atom. The Balaban J connectivity index is 2.84. The molecule has 13 heteroatoms. The lowest BCUT2D eigenvalue weighted by Crippen LogP contribution is -2.55. The lowest BCUT2D eigenvalue weighted by molar-refractivity contribution is -0.153. The van der Waals surface area contributed by atoms with Crippen molar-refractivity contribution in [2.45, 2.75) is 78.0 Å². The molecule has 4 atom stereocenters. The highest BCUT2D eigenvalue weighted by molar-refractivity contribution is 5.91. The van der Waals surface area contributed by atoms with Crippen LogP contribution in [-0.2, 0) is 28.7 Å². The molecule has 1 saturated heterocycles. The molecule has 13 nitrogen and oxygen atoms in total. The quantitative estimate of drug-likeness (QED) is 0.257. The Morgan fingerprint density at radius 1 is 1.00 bits per heavy atom. The van der Waals surface area contributed by atoms with E-state index in [-0.39, 0.29) is 37.8 Å². The van der Waals surface area contributed by atoms with Crippen LogP contribution in [0, 0.1) is 17.8 Å². The standard InChI is InChI=1S/C23H38N4O9/c1-6-12(2)16(26-22(35)36-23(3,4)5)19(30)27-9-7-13(8-10-27)18(29)25-17(21(33)34)14(20(31)32)11-15(24)28/h12-14,16-17H,6-11H2,1-5H3,(H2,24,28)(H,25,29)(H,26,35)(H,31,32)(H,33,34)/t12-,14-,16+,17+/m1/s1. The molecule has 36 heavy (non-hydrogen) atoms. The normalized spacial score (nSPS) is 17.8. The second kappa shape index (κ2) is 13.1. The first-order valence-electron chi connectivity index (χ1n) is 11.9. The Kier molecular flexibility index (Phi) is 11.1. The van der Waals surface area contributed by atoms with E-state index in [1.807, 2.05) is 13.8 Å². The van der Waals surface area contributed by atoms with Gasteiger partial charge in [-0.25, -0.2) is 9.59 Å². The molecule has 0 bridgehead atoms. The van der Waals surface area contributed by atoms with Crippen LogP contribution in [0.2, 0.25) is 0 Å². The SMILES string of the molecule is CC[C@@H](C)[C@H](NC(=O)OC(C)(C)C)C(=O)N1CCC(C(=O)N[C@H](C(=O)O)[C@@H](CC(N)=O)C(=O)O)CC1. The van der Waals surface area contributed by atoms with E-state index in [1.165, 1.54) is 4.90 Å². The number of rotatable bonds is 11. The Hall–Kier alpha value is -3.38. The topological polar surface area (TPSA) is 205 Å². The first-order chi connectivity index (χ1) is 16.6. The zero-order valence-electron chi connectivity index (χ0n) is 21.4. The monoisotopic (exact) mass is 514 g/mol. The molecule has 1 rings (SSSR count). The van der Waals surface area contributed by atoms with Crippen molar-refractivity contribution in [1.82, 2.24) is 15.5 Å². The van der Waals surface area contributed by atoms with Crippen molar-refractivity contribution in [3.63, 3.8) is 0 Å². The first kappa shape index (κ1) is 30.7. The van der Waals surface area contributed by atoms with Gasteiger partial charge in [0.05, 0.1) is 5.92 Å². The van der Waals surface area contributed by atoms with Gasteiger partial charge in [-0.05, 0) is 39.5 Å². The molecule has 1 fully saturated rings. The minimum Gasteiger partial charge on any atom is -0.481 e. The molecule has 0 aromatic rings. The van der Waals surface area contributed by atoms with Crippen LogP contribution < -0.4 is 16.4 Å². The molecule has 204 valence electrons. The van der Waals surface area contributed by atoms with Crippen LogP contribution in [0.15, 0.2) is 0 Å². The van der Waals surface area contributed by atoms with Crippen molar-refractivity contribution in [1.29, 1.82) is 0 Å². The smallest absolute Gasteiger partial charge is 0.408 e. The molecule has 0 spiro atoms. The first-order valence-corrected chi connectivity index (χ1v) is 11.9. The summed E-state index contributed by atoms with van der Waals surface area (Å²) in [5.41, 5.74) is 4.29. The van der Waals surface area contributed by atoms with Crippen LogP contribution in [0.4, 0.5) is 4.79 Å². The predicted octanol–water partition coefficient (Wildman–Crippen LogP) is 0.310. The molecule has 0 aliphatic carbocycles. The molecular weight excluding hydrogens is 476 g/mol. The summed E-state index contributed by atoms with van der Waals surface area (Å²) in [6.45, 7) is 9.22. The third-order valence-electron chi connectivity index (χ3n) is 6.03. The predicted molar refractivity (Wildman–Crippen MR) is 126 cm³/mol. The maximum atomic E-state index is 13.2. The van der Waals surface area contributed by atoms with Gasteiger partial charge in [0.2, 0.25) is 17.7 Å². The summed E-state index contributed by atoms with van der Waals surface area (Å²) in [7, 11) is 0. The van der Waals surface area contributed by atoms with Crippen LogP contribution in [-0.4, -0.2) is 81.6 Å². The van der Waals surface area contributed by atoms with Gasteiger partial charge in [-0.2, -0.15) is 0 Å². The average molecular weight is 515 g/mol. The highest BCUT2D eigenvalue weighted by atomic mass is 16.6. The number of carboxylic acid groups (broad SMARTS) is 2. The summed E-state index contributed by atoms with van der Waals surface area (Å²) in [6.07, 6.45) is -0.424. The molecule has 1 aliphatic heterocycles. The van der Waals surface area contributed by atoms with E-state index in [0.717, 1.165) is 0 Å². The summed E-state index contributed by atoms with van der Waals surface area (Å²) in [5, 5.41) is 23.6. The van der Waals surface area contributed by atoms with Gasteiger partial charge < -0.3 is 36.2 Å². The number of ether oxygens (including phenoxy) is 1. The Bertz CT molecular complexity index is 847. The fraction of sp³-hybridized carbons (Fsp3) is 0.739. The zero-order chi connectivity index (χ0) is 27.8. The number of carbonyl (C=O) groups excluding carboxylic acids is 4. The van der Waals surface area contributed by atoms with Gasteiger partial charge in [-0.1, -0.05) is 20.3 Å². The van der Waals surface area contributed by atoms with Gasteiger partial charge in [-0.15, -0.1) is 0 Å². The van der Waals surface area contributed by atoms with Crippen molar-refractivity contribution < 1.29 is 43.7 Å². The highest BCUT2D eigenvalue weighted by Crippen LogP contribution is 2.22. The molecule has 4 amide bonds. The molecule has 0 aromatic carbocycles. The number of aliphatic carboxylic acids is 2. The van der Waals surface area contributed by atoms with Gasteiger partial charge in [0.25, 0.3) is 0 Å². The second-order valence-corrected chi connectivity index (χ2v) is 10.0. The number of piperidine rings is 1. The van der Waals surface area contributed by atoms with Crippen LogP contribution in [0.25, 0.3) is 0 Å². The molecule has 0 unspecified atom stereocenters. The average Bonchev–Trinajstić information content (AvgIpc) is 2.77. The number of hydrogen-bond donors (Lipinski definition) is 5. The number of nitrogens with zero attached hydrogens (tertiary/aromatic N) is 1. The van der Waals surface area contributed by atoms with Crippen molar-refractivity contribution in [3.8, 4) is 0 Å². The van der Waals surface area contributed by atoms with Crippen molar-refractivity contribution in [3.05, 3.63) is 0 Å². The number of carbonyl (C=O) groups is 6. The maximum absolute atomic E-state index is 13.2. The van der Waals surface area contributed by atoms with Gasteiger partial charge in [-0.3, -0.25) is 19.2 Å². The third kappa shape index (κ3) is 9.34. The molecule has 1 heterocycles. The Labute approximate surface area is 210 Å². The van der Waals surface area contributed by atoms with E-state index in [1.54, 1.807) is 20.8 Å². The van der Waals surface area contributed by atoms with Crippen LogP contribution >= 0.6 is 0 Å². The van der Waals surface area contributed by atoms with Crippen molar-refractivity contribution in [2.75, 3.05) is 13.1 Å². The summed E-state index contributed by atoms with van der Waals surface area (Å²) in [4.78, 5) is 73.9. The molecule has 0 aromatic heterocycles. The fourth-order valence-electron chi connectivity index (χ4n) is 3.85. The van der Waals surface area contributed by atoms with E-state index >= 15 is 0 Å². The molecule has 6 N–H and O–H groups in total. The van der Waals surface area contributed by atoms with Gasteiger partial charge >= 0.3 is 18.0 Å². The lowest BCUT2D eigenvalue weighted by atomic mass is 9.91. The lowest BCUT2D eigenvalue weighted by Gasteiger charge is -2.36. The van der Waals surface area contributed by atoms with E-state index in [0.29, 0.717) is 6.42 Å². The fourth-order valence-corrected chi connectivity index (χ4v) is 3.85. The van der Waals surface area contributed by atoms with E-state index < -0.39 is 65.8 Å². The number of nitrogens with two attached hydrogens (primary N) is 1. The maximum Gasteiger partial charge on any atom is 0.408 e. The Morgan fingerprint density at radius 2 is 1.56 bits per heavy atom. The van der Waals surface area contributed by atoms with E-state index in [9.17, 15) is 39.0 Å². The van der Waals surface area contributed by atoms with Crippen LogP contribution in [0.1, 0.15) is 60.3 Å². The molecule has 1 aliphatic rings. The summed E-state index contributed by atoms with van der Waals surface area (Å²) in [6, 6.07) is -2.66.